The highest BCUT2D eigenvalue weighted by Gasteiger charge is 2.27. The molecule has 0 unspecified atom stereocenters. The minimum atomic E-state index is 0.0123. The summed E-state index contributed by atoms with van der Waals surface area (Å²) in [6.45, 7) is 9.13. The normalized spacial score (nSPS) is 17.2. The largest absolute Gasteiger partial charge is 0.349 e. The summed E-state index contributed by atoms with van der Waals surface area (Å²) in [6.07, 6.45) is 1.51. The van der Waals surface area contributed by atoms with Crippen LogP contribution in [0.2, 0.25) is 0 Å². The number of likely N-dealkylation sites (tertiary alicyclic amines) is 1. The molecular weight excluding hydrogens is 276 g/mol. The third kappa shape index (κ3) is 3.87. The summed E-state index contributed by atoms with van der Waals surface area (Å²) in [7, 11) is 0. The summed E-state index contributed by atoms with van der Waals surface area (Å²) >= 11 is 0. The number of amides is 2. The summed E-state index contributed by atoms with van der Waals surface area (Å²) < 4.78 is 0. The number of rotatable bonds is 3. The standard InChI is InChI=1S/C18H26N2O2/c1-12-5-6-13(2)17(11-12)14(3)19-18(22)16-7-9-20(10-8-16)15(4)21/h5-6,11,14,16H,7-10H2,1-4H3,(H,19,22)/t14-/m0/s1. The Morgan fingerprint density at radius 1 is 1.23 bits per heavy atom. The van der Waals surface area contributed by atoms with Gasteiger partial charge in [-0.1, -0.05) is 23.8 Å². The second kappa shape index (κ2) is 6.95. The van der Waals surface area contributed by atoms with Gasteiger partial charge in [0.1, 0.15) is 0 Å². The fraction of sp³-hybridized carbons (Fsp3) is 0.556. The molecule has 1 fully saturated rings. The highest BCUT2D eigenvalue weighted by molar-refractivity contribution is 5.80. The minimum absolute atomic E-state index is 0.0123. The molecule has 0 aromatic heterocycles. The molecule has 1 aromatic rings. The van der Waals surface area contributed by atoms with Gasteiger partial charge < -0.3 is 10.2 Å². The SMILES string of the molecule is CC(=O)N1CCC(C(=O)N[C@@H](C)c2cc(C)ccc2C)CC1. The predicted molar refractivity (Wildman–Crippen MR) is 87.5 cm³/mol. The van der Waals surface area contributed by atoms with E-state index in [4.69, 9.17) is 0 Å². The number of carbonyl (C=O) groups is 2. The van der Waals surface area contributed by atoms with E-state index < -0.39 is 0 Å². The van der Waals surface area contributed by atoms with Crippen LogP contribution in [-0.2, 0) is 9.59 Å². The first-order valence-corrected chi connectivity index (χ1v) is 8.01. The monoisotopic (exact) mass is 302 g/mol. The summed E-state index contributed by atoms with van der Waals surface area (Å²) in [6, 6.07) is 6.33. The Hall–Kier alpha value is -1.84. The van der Waals surface area contributed by atoms with Crippen LogP contribution in [0, 0.1) is 19.8 Å². The molecule has 120 valence electrons. The first kappa shape index (κ1) is 16.5. The van der Waals surface area contributed by atoms with Gasteiger partial charge in [0.15, 0.2) is 0 Å². The molecule has 0 aliphatic carbocycles. The van der Waals surface area contributed by atoms with Crippen molar-refractivity contribution in [1.29, 1.82) is 0 Å². The van der Waals surface area contributed by atoms with Gasteiger partial charge in [0.05, 0.1) is 6.04 Å². The molecule has 0 spiro atoms. The van der Waals surface area contributed by atoms with Gasteiger partial charge in [-0.15, -0.1) is 0 Å². The van der Waals surface area contributed by atoms with Crippen molar-refractivity contribution in [2.75, 3.05) is 13.1 Å². The van der Waals surface area contributed by atoms with E-state index in [1.54, 1.807) is 6.92 Å². The number of hydrogen-bond acceptors (Lipinski definition) is 2. The van der Waals surface area contributed by atoms with Crippen LogP contribution in [-0.4, -0.2) is 29.8 Å². The maximum Gasteiger partial charge on any atom is 0.223 e. The Bertz CT molecular complexity index is 560. The molecule has 1 atom stereocenters. The smallest absolute Gasteiger partial charge is 0.223 e. The molecule has 1 aliphatic heterocycles. The highest BCUT2D eigenvalue weighted by Crippen LogP contribution is 2.22. The van der Waals surface area contributed by atoms with E-state index >= 15 is 0 Å². The zero-order chi connectivity index (χ0) is 16.3. The zero-order valence-electron chi connectivity index (χ0n) is 14.0. The van der Waals surface area contributed by atoms with Gasteiger partial charge in [-0.3, -0.25) is 9.59 Å². The van der Waals surface area contributed by atoms with Gasteiger partial charge in [-0.25, -0.2) is 0 Å². The third-order valence-corrected chi connectivity index (χ3v) is 4.57. The Kier molecular flexibility index (Phi) is 5.22. The molecule has 1 aromatic carbocycles. The van der Waals surface area contributed by atoms with Crippen molar-refractivity contribution in [1.82, 2.24) is 10.2 Å². The van der Waals surface area contributed by atoms with Crippen LogP contribution in [0.25, 0.3) is 0 Å². The van der Waals surface area contributed by atoms with Gasteiger partial charge in [0.25, 0.3) is 0 Å². The van der Waals surface area contributed by atoms with Crippen LogP contribution in [0.15, 0.2) is 18.2 Å². The molecule has 2 amide bonds. The van der Waals surface area contributed by atoms with Crippen molar-refractivity contribution in [3.63, 3.8) is 0 Å². The lowest BCUT2D eigenvalue weighted by Crippen LogP contribution is -2.42. The molecule has 1 N–H and O–H groups in total. The lowest BCUT2D eigenvalue weighted by Gasteiger charge is -2.31. The first-order chi connectivity index (χ1) is 10.4. The van der Waals surface area contributed by atoms with Crippen molar-refractivity contribution < 1.29 is 9.59 Å². The van der Waals surface area contributed by atoms with Gasteiger partial charge >= 0.3 is 0 Å². The number of piperidine rings is 1. The first-order valence-electron chi connectivity index (χ1n) is 8.01. The lowest BCUT2D eigenvalue weighted by molar-refractivity contribution is -0.134. The number of carbonyl (C=O) groups excluding carboxylic acids is 2. The minimum Gasteiger partial charge on any atom is -0.349 e. The number of nitrogens with zero attached hydrogens (tertiary/aromatic N) is 1. The van der Waals surface area contributed by atoms with E-state index in [2.05, 4.69) is 37.4 Å². The second-order valence-corrected chi connectivity index (χ2v) is 6.37. The number of nitrogens with one attached hydrogen (secondary N) is 1. The van der Waals surface area contributed by atoms with Gasteiger partial charge in [-0.05, 0) is 44.7 Å². The van der Waals surface area contributed by atoms with Crippen molar-refractivity contribution in [3.8, 4) is 0 Å². The van der Waals surface area contributed by atoms with E-state index in [9.17, 15) is 9.59 Å². The van der Waals surface area contributed by atoms with Crippen molar-refractivity contribution in [3.05, 3.63) is 34.9 Å². The zero-order valence-corrected chi connectivity index (χ0v) is 14.0. The predicted octanol–water partition coefficient (Wildman–Crippen LogP) is 2.74. The van der Waals surface area contributed by atoms with Crippen molar-refractivity contribution in [2.24, 2.45) is 5.92 Å². The van der Waals surface area contributed by atoms with Crippen molar-refractivity contribution in [2.45, 2.75) is 46.6 Å². The maximum absolute atomic E-state index is 12.4. The molecule has 1 aliphatic rings. The summed E-state index contributed by atoms with van der Waals surface area (Å²) in [4.78, 5) is 25.6. The molecule has 1 saturated heterocycles. The molecule has 2 rings (SSSR count). The molecule has 0 bridgehead atoms. The molecule has 0 saturated carbocycles. The Labute approximate surface area is 132 Å². The van der Waals surface area contributed by atoms with Gasteiger partial charge in [0, 0.05) is 25.9 Å². The molecule has 4 heteroatoms. The summed E-state index contributed by atoms with van der Waals surface area (Å²) in [5.41, 5.74) is 3.58. The summed E-state index contributed by atoms with van der Waals surface area (Å²) in [5, 5.41) is 3.14. The number of benzene rings is 1. The van der Waals surface area contributed by atoms with Crippen LogP contribution in [0.5, 0.6) is 0 Å². The fourth-order valence-corrected chi connectivity index (χ4v) is 3.09. The van der Waals surface area contributed by atoms with Crippen molar-refractivity contribution >= 4 is 11.8 Å². The van der Waals surface area contributed by atoms with Crippen LogP contribution in [0.4, 0.5) is 0 Å². The fourth-order valence-electron chi connectivity index (χ4n) is 3.09. The number of aryl methyl sites for hydroxylation is 2. The van der Waals surface area contributed by atoms with Gasteiger partial charge in [-0.2, -0.15) is 0 Å². The highest BCUT2D eigenvalue weighted by atomic mass is 16.2. The topological polar surface area (TPSA) is 49.4 Å². The van der Waals surface area contributed by atoms with Crippen LogP contribution in [0.1, 0.15) is 49.4 Å². The molecule has 22 heavy (non-hydrogen) atoms. The van der Waals surface area contributed by atoms with E-state index in [-0.39, 0.29) is 23.8 Å². The molecule has 1 heterocycles. The number of hydrogen-bond donors (Lipinski definition) is 1. The average molecular weight is 302 g/mol. The van der Waals surface area contributed by atoms with E-state index in [0.717, 1.165) is 12.8 Å². The second-order valence-electron chi connectivity index (χ2n) is 6.37. The summed E-state index contributed by atoms with van der Waals surface area (Å²) in [5.74, 6) is 0.224. The third-order valence-electron chi connectivity index (χ3n) is 4.57. The lowest BCUT2D eigenvalue weighted by atomic mass is 9.94. The van der Waals surface area contributed by atoms with E-state index in [1.165, 1.54) is 16.7 Å². The van der Waals surface area contributed by atoms with E-state index in [1.807, 2.05) is 11.8 Å². The maximum atomic E-state index is 12.4. The quantitative estimate of drug-likeness (QED) is 0.933. The average Bonchev–Trinajstić information content (AvgIpc) is 2.49. The van der Waals surface area contributed by atoms with E-state index in [0.29, 0.717) is 13.1 Å². The van der Waals surface area contributed by atoms with Crippen LogP contribution in [0.3, 0.4) is 0 Å². The Morgan fingerprint density at radius 3 is 2.45 bits per heavy atom. The van der Waals surface area contributed by atoms with Gasteiger partial charge in [0.2, 0.25) is 11.8 Å². The van der Waals surface area contributed by atoms with Crippen LogP contribution < -0.4 is 5.32 Å². The Balaban J connectivity index is 1.94. The van der Waals surface area contributed by atoms with Crippen LogP contribution >= 0.6 is 0 Å². The Morgan fingerprint density at radius 2 is 1.86 bits per heavy atom. The molecule has 0 radical (unpaired) electrons. The molecule has 4 nitrogen and oxygen atoms in total. The molecular formula is C18H26N2O2.